The zero-order chi connectivity index (χ0) is 40.7. The van der Waals surface area contributed by atoms with Gasteiger partial charge in [-0.3, -0.25) is 14.4 Å². The normalized spacial score (nSPS) is 22.8. The number of hydrogen-bond acceptors (Lipinski definition) is 10. The summed E-state index contributed by atoms with van der Waals surface area (Å²) >= 11 is 4.95. The summed E-state index contributed by atoms with van der Waals surface area (Å²) in [6, 6.07) is 3.34. The summed E-state index contributed by atoms with van der Waals surface area (Å²) in [7, 11) is 0. The standard InChI is InChI=1S/C40H49BrN6O8S/c1-8-22-17-40(22,36(51)52)46-34(49)28-15-24(18-47(28)35(50)32(39(5,6)7)44-38(53)55-23-11-9-10-12-23)54-29-16-26(42-31-25(29)14-13-21(4)30(31)41)27-19-56-37(43-27)45-33(48)20(2)3/h8,13-14,16,19-20,22-24,28,32H,1,9-12,15,17-18H2,2-7H3,(H,44,53)(H,46,49)(H,51,52)(H,43,45,48)/t22-,24-,28+,32-,40-/m1/s1. The number of ether oxygens (including phenoxy) is 2. The van der Waals surface area contributed by atoms with Crippen molar-refractivity contribution in [3.8, 4) is 17.1 Å². The number of carboxylic acid groups (broad SMARTS) is 1. The van der Waals surface area contributed by atoms with Gasteiger partial charge in [-0.15, -0.1) is 17.9 Å². The summed E-state index contributed by atoms with van der Waals surface area (Å²) < 4.78 is 13.1. The van der Waals surface area contributed by atoms with Crippen LogP contribution in [0.5, 0.6) is 5.75 Å². The smallest absolute Gasteiger partial charge is 0.408 e. The van der Waals surface area contributed by atoms with Crippen LogP contribution < -0.4 is 20.7 Å². The van der Waals surface area contributed by atoms with Crippen molar-refractivity contribution in [2.24, 2.45) is 17.3 Å². The van der Waals surface area contributed by atoms with Gasteiger partial charge in [-0.25, -0.2) is 19.6 Å². The van der Waals surface area contributed by atoms with Crippen LogP contribution >= 0.6 is 27.3 Å². The van der Waals surface area contributed by atoms with Crippen LogP contribution in [-0.2, 0) is 23.9 Å². The Bertz CT molecular complexity index is 2060. The summed E-state index contributed by atoms with van der Waals surface area (Å²) in [5.74, 6) is -2.79. The van der Waals surface area contributed by atoms with Gasteiger partial charge in [0.25, 0.3) is 0 Å². The average Bonchev–Trinajstić information content (AvgIpc) is 3.55. The second kappa shape index (κ2) is 16.1. The molecule has 1 aliphatic heterocycles. The molecule has 1 aromatic carbocycles. The minimum atomic E-state index is -1.53. The van der Waals surface area contributed by atoms with E-state index in [1.54, 1.807) is 25.3 Å². The van der Waals surface area contributed by atoms with E-state index in [1.165, 1.54) is 22.3 Å². The molecule has 3 aliphatic rings. The topological polar surface area (TPSA) is 189 Å². The number of nitrogens with zero attached hydrogens (tertiary/aromatic N) is 3. The Hall–Kier alpha value is -4.57. The molecule has 0 spiro atoms. The van der Waals surface area contributed by atoms with Gasteiger partial charge in [0.05, 0.1) is 17.8 Å². The molecule has 5 atom stereocenters. The maximum Gasteiger partial charge on any atom is 0.408 e. The number of anilines is 1. The number of benzene rings is 1. The number of thiazole rings is 1. The molecule has 1 saturated heterocycles. The van der Waals surface area contributed by atoms with Crippen LogP contribution in [0.25, 0.3) is 22.3 Å². The van der Waals surface area contributed by atoms with Gasteiger partial charge in [0, 0.05) is 39.6 Å². The second-order valence-corrected chi connectivity index (χ2v) is 18.0. The molecule has 0 radical (unpaired) electrons. The van der Waals surface area contributed by atoms with Gasteiger partial charge in [0.2, 0.25) is 17.7 Å². The molecular formula is C40H49BrN6O8S. The maximum atomic E-state index is 14.6. The Balaban J connectivity index is 1.33. The van der Waals surface area contributed by atoms with Crippen LogP contribution in [0.2, 0.25) is 0 Å². The maximum absolute atomic E-state index is 14.6. The van der Waals surface area contributed by atoms with Crippen molar-refractivity contribution in [1.29, 1.82) is 0 Å². The molecule has 300 valence electrons. The summed E-state index contributed by atoms with van der Waals surface area (Å²) in [6.45, 7) is 14.6. The summed E-state index contributed by atoms with van der Waals surface area (Å²) in [5.41, 5.74) is 0.205. The summed E-state index contributed by atoms with van der Waals surface area (Å²) in [4.78, 5) is 77.5. The van der Waals surface area contributed by atoms with Gasteiger partial charge >= 0.3 is 12.1 Å². The Labute approximate surface area is 338 Å². The Morgan fingerprint density at radius 3 is 2.45 bits per heavy atom. The number of carbonyl (C=O) groups excluding carboxylic acids is 4. The van der Waals surface area contributed by atoms with E-state index in [0.717, 1.165) is 35.7 Å². The fraction of sp³-hybridized carbons (Fsp3) is 0.525. The monoisotopic (exact) mass is 852 g/mol. The van der Waals surface area contributed by atoms with Crippen molar-refractivity contribution >= 4 is 73.1 Å². The first-order valence-corrected chi connectivity index (χ1v) is 20.6. The van der Waals surface area contributed by atoms with E-state index < -0.39 is 58.9 Å². The summed E-state index contributed by atoms with van der Waals surface area (Å²) in [6.07, 6.45) is 3.48. The molecule has 3 fully saturated rings. The molecule has 0 bridgehead atoms. The molecule has 3 aromatic rings. The number of carbonyl (C=O) groups is 5. The zero-order valence-electron chi connectivity index (χ0n) is 32.4. The predicted octanol–water partition coefficient (Wildman–Crippen LogP) is 6.60. The molecule has 3 heterocycles. The molecule has 6 rings (SSSR count). The minimum Gasteiger partial charge on any atom is -0.488 e. The lowest BCUT2D eigenvalue weighted by Gasteiger charge is -2.35. The minimum absolute atomic E-state index is 0.0314. The lowest BCUT2D eigenvalue weighted by Crippen LogP contribution is -2.59. The van der Waals surface area contributed by atoms with Gasteiger partial charge in [-0.2, -0.15) is 0 Å². The van der Waals surface area contributed by atoms with E-state index in [4.69, 9.17) is 14.5 Å². The van der Waals surface area contributed by atoms with Crippen molar-refractivity contribution in [1.82, 2.24) is 25.5 Å². The summed E-state index contributed by atoms with van der Waals surface area (Å²) in [5, 5.41) is 21.3. The molecule has 2 aliphatic carbocycles. The molecular weight excluding hydrogens is 804 g/mol. The first kappa shape index (κ1) is 41.1. The molecule has 4 N–H and O–H groups in total. The molecule has 14 nitrogen and oxygen atoms in total. The third kappa shape index (κ3) is 8.55. The first-order valence-electron chi connectivity index (χ1n) is 18.9. The highest BCUT2D eigenvalue weighted by Gasteiger charge is 2.61. The number of aromatic nitrogens is 2. The van der Waals surface area contributed by atoms with Gasteiger partial charge in [0.15, 0.2) is 5.13 Å². The third-order valence-electron chi connectivity index (χ3n) is 10.7. The number of aliphatic carboxylic acids is 1. The number of hydrogen-bond donors (Lipinski definition) is 4. The van der Waals surface area contributed by atoms with E-state index >= 15 is 0 Å². The van der Waals surface area contributed by atoms with Crippen molar-refractivity contribution < 1.29 is 38.6 Å². The predicted molar refractivity (Wildman–Crippen MR) is 215 cm³/mol. The number of rotatable bonds is 12. The molecule has 2 saturated carbocycles. The van der Waals surface area contributed by atoms with Crippen molar-refractivity contribution in [3.63, 3.8) is 0 Å². The quantitative estimate of drug-likeness (QED) is 0.145. The molecule has 16 heteroatoms. The van der Waals surface area contributed by atoms with E-state index in [-0.39, 0.29) is 37.3 Å². The van der Waals surface area contributed by atoms with Crippen LogP contribution in [-0.4, -0.2) is 86.1 Å². The zero-order valence-corrected chi connectivity index (χ0v) is 34.8. The number of halogens is 1. The highest BCUT2D eigenvalue weighted by atomic mass is 79.9. The third-order valence-corrected chi connectivity index (χ3v) is 12.5. The van der Waals surface area contributed by atoms with Gasteiger partial charge < -0.3 is 35.4 Å². The number of nitrogens with one attached hydrogen (secondary N) is 3. The fourth-order valence-electron chi connectivity index (χ4n) is 7.25. The largest absolute Gasteiger partial charge is 0.488 e. The average molecular weight is 854 g/mol. The number of alkyl carbamates (subject to hydrolysis) is 1. The molecule has 56 heavy (non-hydrogen) atoms. The fourth-order valence-corrected chi connectivity index (χ4v) is 8.39. The van der Waals surface area contributed by atoms with Crippen LogP contribution in [0, 0.1) is 24.2 Å². The van der Waals surface area contributed by atoms with Crippen molar-refractivity contribution in [2.75, 3.05) is 11.9 Å². The number of likely N-dealkylation sites (tertiary alicyclic amines) is 1. The van der Waals surface area contributed by atoms with Crippen LogP contribution in [0.3, 0.4) is 0 Å². The van der Waals surface area contributed by atoms with E-state index in [2.05, 4.69) is 43.4 Å². The number of pyridine rings is 1. The lowest BCUT2D eigenvalue weighted by atomic mass is 9.85. The van der Waals surface area contributed by atoms with Crippen LogP contribution in [0.1, 0.15) is 78.7 Å². The van der Waals surface area contributed by atoms with Crippen LogP contribution in [0.4, 0.5) is 9.93 Å². The highest BCUT2D eigenvalue weighted by Crippen LogP contribution is 2.45. The Kier molecular flexibility index (Phi) is 11.8. The van der Waals surface area contributed by atoms with Crippen LogP contribution in [0.15, 0.2) is 40.7 Å². The number of amides is 4. The van der Waals surface area contributed by atoms with Crippen molar-refractivity contribution in [2.45, 2.75) is 110 Å². The number of aryl methyl sites for hydroxylation is 1. The Morgan fingerprint density at radius 2 is 1.82 bits per heavy atom. The lowest BCUT2D eigenvalue weighted by molar-refractivity contribution is -0.146. The molecule has 0 unspecified atom stereocenters. The molecule has 2 aromatic heterocycles. The number of carboxylic acids is 1. The van der Waals surface area contributed by atoms with E-state index in [0.29, 0.717) is 33.2 Å². The Morgan fingerprint density at radius 1 is 1.11 bits per heavy atom. The van der Waals surface area contributed by atoms with Gasteiger partial charge in [-0.05, 0) is 72.0 Å². The van der Waals surface area contributed by atoms with Crippen molar-refractivity contribution in [3.05, 3.63) is 46.3 Å². The van der Waals surface area contributed by atoms with E-state index in [9.17, 15) is 29.1 Å². The first-order chi connectivity index (χ1) is 26.4. The van der Waals surface area contributed by atoms with E-state index in [1.807, 2.05) is 39.8 Å². The highest BCUT2D eigenvalue weighted by molar-refractivity contribution is 9.10. The second-order valence-electron chi connectivity index (χ2n) is 16.3. The SMILES string of the molecule is C=C[C@@H]1C[C@]1(NC(=O)[C@@H]1C[C@@H](Oc2cc(-c3csc(NC(=O)C(C)C)n3)nc3c(Br)c(C)ccc23)CN1C(=O)[C@@H](NC(=O)OC1CCCC1)C(C)(C)C)C(=O)O. The number of fused-ring (bicyclic) bond motifs is 1. The van der Waals surface area contributed by atoms with Gasteiger partial charge in [0.1, 0.15) is 41.3 Å². The molecule has 4 amide bonds. The van der Waals surface area contributed by atoms with Gasteiger partial charge in [-0.1, -0.05) is 46.8 Å².